The fourth-order valence-corrected chi connectivity index (χ4v) is 6.52. The summed E-state index contributed by atoms with van der Waals surface area (Å²) < 4.78 is 1.90. The van der Waals surface area contributed by atoms with Crippen molar-refractivity contribution >= 4 is 17.5 Å². The molecule has 0 unspecified atom stereocenters. The van der Waals surface area contributed by atoms with Crippen molar-refractivity contribution in [1.29, 1.82) is 0 Å². The molecule has 1 aromatic carbocycles. The van der Waals surface area contributed by atoms with E-state index in [1.807, 2.05) is 54.8 Å². The van der Waals surface area contributed by atoms with Gasteiger partial charge in [0.05, 0.1) is 30.0 Å². The minimum Gasteiger partial charge on any atom is -0.391 e. The number of amides is 2. The van der Waals surface area contributed by atoms with Gasteiger partial charge in [-0.05, 0) is 43.4 Å². The minimum absolute atomic E-state index is 0.0183. The summed E-state index contributed by atoms with van der Waals surface area (Å²) in [6, 6.07) is 9.56. The summed E-state index contributed by atoms with van der Waals surface area (Å²) in [7, 11) is 0. The molecule has 0 radical (unpaired) electrons. The highest BCUT2D eigenvalue weighted by molar-refractivity contribution is 5.79. The molecule has 2 aromatic heterocycles. The van der Waals surface area contributed by atoms with Gasteiger partial charge in [0, 0.05) is 24.2 Å². The Hall–Kier alpha value is -3.33. The number of aromatic nitrogens is 4. The van der Waals surface area contributed by atoms with Crippen LogP contribution in [0.4, 0.5) is 0 Å². The van der Waals surface area contributed by atoms with Gasteiger partial charge >= 0.3 is 0 Å². The molecule has 0 bridgehead atoms. The molecule has 1 aliphatic rings. The zero-order valence-electron chi connectivity index (χ0n) is 28.0. The van der Waals surface area contributed by atoms with Gasteiger partial charge in [0.25, 0.3) is 0 Å². The van der Waals surface area contributed by atoms with Crippen LogP contribution in [-0.2, 0) is 22.4 Å². The van der Waals surface area contributed by atoms with Crippen LogP contribution in [0.25, 0.3) is 16.9 Å². The Labute approximate surface area is 269 Å². The van der Waals surface area contributed by atoms with E-state index >= 15 is 0 Å². The molecule has 45 heavy (non-hydrogen) atoms. The van der Waals surface area contributed by atoms with Gasteiger partial charge in [-0.3, -0.25) is 14.0 Å². The summed E-state index contributed by atoms with van der Waals surface area (Å²) in [5.41, 5.74) is 3.32. The van der Waals surface area contributed by atoms with Crippen molar-refractivity contribution in [1.82, 2.24) is 30.2 Å². The summed E-state index contributed by atoms with van der Waals surface area (Å²) in [6.45, 7) is 11.1. The van der Waals surface area contributed by atoms with Crippen LogP contribution in [0.3, 0.4) is 0 Å². The maximum Gasteiger partial charge on any atom is 0.227 e. The molecule has 4 rings (SSSR count). The van der Waals surface area contributed by atoms with Crippen molar-refractivity contribution in [2.45, 2.75) is 117 Å². The van der Waals surface area contributed by atoms with Crippen molar-refractivity contribution in [2.75, 3.05) is 6.54 Å². The second-order valence-electron chi connectivity index (χ2n) is 13.7. The topological polar surface area (TPSA) is 122 Å². The molecule has 0 spiro atoms. The van der Waals surface area contributed by atoms with Gasteiger partial charge in [-0.25, -0.2) is 4.98 Å². The van der Waals surface area contributed by atoms with Gasteiger partial charge in [-0.1, -0.05) is 103 Å². The van der Waals surface area contributed by atoms with Gasteiger partial charge in [-0.2, -0.15) is 0 Å². The van der Waals surface area contributed by atoms with Crippen molar-refractivity contribution in [3.8, 4) is 11.3 Å². The number of unbranched alkanes of at least 4 members (excludes halogenated alkanes) is 1. The maximum absolute atomic E-state index is 13.7. The van der Waals surface area contributed by atoms with Crippen LogP contribution in [-0.4, -0.2) is 55.2 Å². The first kappa shape index (κ1) is 34.5. The lowest BCUT2D eigenvalue weighted by atomic mass is 9.81. The van der Waals surface area contributed by atoms with Gasteiger partial charge in [0.2, 0.25) is 11.8 Å². The lowest BCUT2D eigenvalue weighted by Crippen LogP contribution is -2.47. The van der Waals surface area contributed by atoms with Gasteiger partial charge in [0.1, 0.15) is 5.82 Å². The Kier molecular flexibility index (Phi) is 12.9. The molecule has 0 saturated heterocycles. The average Bonchev–Trinajstić information content (AvgIpc) is 3.42. The number of fused-ring (bicyclic) bond motifs is 1. The number of carbonyl (C=O) groups is 2. The molecule has 246 valence electrons. The third kappa shape index (κ3) is 9.83. The fourth-order valence-electron chi connectivity index (χ4n) is 6.52. The largest absolute Gasteiger partial charge is 0.391 e. The first-order valence-electron chi connectivity index (χ1n) is 17.2. The lowest BCUT2D eigenvalue weighted by Gasteiger charge is -2.32. The molecule has 1 saturated carbocycles. The number of benzene rings is 1. The molecule has 9 nitrogen and oxygen atoms in total. The Morgan fingerprint density at radius 2 is 1.78 bits per heavy atom. The maximum atomic E-state index is 13.7. The molecule has 3 N–H and O–H groups in total. The number of nitrogens with one attached hydrogen (secondary N) is 2. The van der Waals surface area contributed by atoms with Crippen LogP contribution in [0.5, 0.6) is 0 Å². The molecule has 3 aromatic rings. The van der Waals surface area contributed by atoms with Gasteiger partial charge in [-0.15, -0.1) is 10.2 Å². The Balaban J connectivity index is 1.55. The van der Waals surface area contributed by atoms with Crippen molar-refractivity contribution < 1.29 is 14.7 Å². The Morgan fingerprint density at radius 3 is 2.44 bits per heavy atom. The standard InChI is InChI=1S/C36H54N6O3/c1-6-7-18-37-36(45)28(25(4)5)21-32(43)29(20-26-14-10-8-11-15-26)39-34(44)22-33-40-41-35-30(19-24(2)3)38-31(23-42(33)35)27-16-12-9-13-17-27/h9,12-13,16-17,23-26,28-29,32,43H,6-8,10-11,14-15,18-22H2,1-5H3,(H,37,45)(H,39,44)/t28-,29+,32+/m1/s1. The average molecular weight is 619 g/mol. The van der Waals surface area contributed by atoms with Gasteiger partial charge < -0.3 is 15.7 Å². The van der Waals surface area contributed by atoms with E-state index in [9.17, 15) is 14.7 Å². The highest BCUT2D eigenvalue weighted by atomic mass is 16.3. The van der Waals surface area contributed by atoms with E-state index in [1.54, 1.807) is 0 Å². The van der Waals surface area contributed by atoms with Gasteiger partial charge in [0.15, 0.2) is 5.65 Å². The quantitative estimate of drug-likeness (QED) is 0.171. The second-order valence-corrected chi connectivity index (χ2v) is 13.7. The van der Waals surface area contributed by atoms with E-state index in [2.05, 4.69) is 41.6 Å². The Bertz CT molecular complexity index is 1370. The van der Waals surface area contributed by atoms with Crippen LogP contribution in [0, 0.1) is 23.7 Å². The van der Waals surface area contributed by atoms with Crippen LogP contribution in [0.15, 0.2) is 36.5 Å². The van der Waals surface area contributed by atoms with Crippen LogP contribution >= 0.6 is 0 Å². The molecule has 3 atom stereocenters. The number of rotatable bonds is 16. The number of nitrogens with zero attached hydrogens (tertiary/aromatic N) is 4. The summed E-state index contributed by atoms with van der Waals surface area (Å²) in [6.07, 6.45) is 10.6. The highest BCUT2D eigenvalue weighted by Gasteiger charge is 2.32. The number of aliphatic hydroxyl groups is 1. The van der Waals surface area contributed by atoms with E-state index in [-0.39, 0.29) is 30.1 Å². The predicted octanol–water partition coefficient (Wildman–Crippen LogP) is 5.93. The fraction of sp³-hybridized carbons (Fsp3) is 0.639. The van der Waals surface area contributed by atoms with Crippen LogP contribution in [0.2, 0.25) is 0 Å². The smallest absolute Gasteiger partial charge is 0.227 e. The summed E-state index contributed by atoms with van der Waals surface area (Å²) >= 11 is 0. The van der Waals surface area contributed by atoms with Crippen molar-refractivity contribution in [3.05, 3.63) is 48.0 Å². The molecule has 2 amide bonds. The minimum atomic E-state index is -0.832. The lowest BCUT2D eigenvalue weighted by molar-refractivity contribution is -0.127. The first-order valence-corrected chi connectivity index (χ1v) is 17.2. The predicted molar refractivity (Wildman–Crippen MR) is 178 cm³/mol. The van der Waals surface area contributed by atoms with E-state index in [1.165, 1.54) is 19.3 Å². The first-order chi connectivity index (χ1) is 21.7. The summed E-state index contributed by atoms with van der Waals surface area (Å²) in [5.74, 6) is 0.876. The summed E-state index contributed by atoms with van der Waals surface area (Å²) in [4.78, 5) is 31.6. The molecule has 9 heteroatoms. The molecule has 1 fully saturated rings. The zero-order chi connectivity index (χ0) is 32.3. The number of carbonyl (C=O) groups excluding carboxylic acids is 2. The second kappa shape index (κ2) is 16.8. The number of hydrogen-bond donors (Lipinski definition) is 3. The number of aliphatic hydroxyl groups excluding tert-OH is 1. The summed E-state index contributed by atoms with van der Waals surface area (Å²) in [5, 5.41) is 26.7. The molecular formula is C36H54N6O3. The number of hydrogen-bond acceptors (Lipinski definition) is 6. The van der Waals surface area contributed by atoms with Crippen LogP contribution < -0.4 is 10.6 Å². The van der Waals surface area contributed by atoms with E-state index in [0.29, 0.717) is 42.7 Å². The highest BCUT2D eigenvalue weighted by Crippen LogP contribution is 2.30. The van der Waals surface area contributed by atoms with Crippen molar-refractivity contribution in [2.24, 2.45) is 23.7 Å². The van der Waals surface area contributed by atoms with E-state index in [4.69, 9.17) is 4.98 Å². The molecule has 1 aliphatic carbocycles. The molecular weight excluding hydrogens is 564 g/mol. The van der Waals surface area contributed by atoms with Crippen molar-refractivity contribution in [3.63, 3.8) is 0 Å². The third-order valence-electron chi connectivity index (χ3n) is 9.11. The zero-order valence-corrected chi connectivity index (χ0v) is 28.0. The third-order valence-corrected chi connectivity index (χ3v) is 9.11. The molecule has 2 heterocycles. The monoisotopic (exact) mass is 618 g/mol. The Morgan fingerprint density at radius 1 is 1.04 bits per heavy atom. The van der Waals surface area contributed by atoms with Crippen LogP contribution in [0.1, 0.15) is 104 Å². The SMILES string of the molecule is CCCCNC(=O)[C@H](C[C@H](O)[C@H](CC1CCCCC1)NC(=O)Cc1nnc2c(CC(C)C)nc(-c3ccccc3)cn12)C(C)C. The normalized spacial score (nSPS) is 16.2. The van der Waals surface area contributed by atoms with E-state index in [0.717, 1.165) is 49.1 Å². The molecule has 0 aliphatic heterocycles. The van der Waals surface area contributed by atoms with E-state index < -0.39 is 12.1 Å².